The Morgan fingerprint density at radius 1 is 1.15 bits per heavy atom. The second-order valence-electron chi connectivity index (χ2n) is 5.78. The van der Waals surface area contributed by atoms with Gasteiger partial charge in [0.15, 0.2) is 0 Å². The first-order valence-corrected chi connectivity index (χ1v) is 10.1. The number of carbonyl (C=O) groups is 1. The van der Waals surface area contributed by atoms with E-state index in [0.717, 1.165) is 11.6 Å². The minimum absolute atomic E-state index is 0.0423. The molecule has 0 heterocycles. The number of hydrogen-bond donors (Lipinski definition) is 1. The topological polar surface area (TPSA) is 74.7 Å². The number of benzene rings is 2. The second kappa shape index (κ2) is 8.39. The molecule has 0 saturated carbocycles. The van der Waals surface area contributed by atoms with Crippen LogP contribution in [0.4, 0.5) is 0 Å². The van der Waals surface area contributed by atoms with Crippen molar-refractivity contribution in [3.05, 3.63) is 63.1 Å². The van der Waals surface area contributed by atoms with E-state index in [4.69, 9.17) is 23.2 Å². The van der Waals surface area contributed by atoms with Crippen LogP contribution in [0, 0.1) is 6.92 Å². The van der Waals surface area contributed by atoms with E-state index in [9.17, 15) is 18.3 Å². The van der Waals surface area contributed by atoms with Crippen molar-refractivity contribution < 1.29 is 18.3 Å². The molecule has 0 aliphatic carbocycles. The van der Waals surface area contributed by atoms with Crippen LogP contribution in [0.3, 0.4) is 0 Å². The lowest BCUT2D eigenvalue weighted by Gasteiger charge is -2.21. The Hall–Kier alpha value is -1.60. The van der Waals surface area contributed by atoms with Gasteiger partial charge in [-0.05, 0) is 48.7 Å². The zero-order valence-electron chi connectivity index (χ0n) is 14.4. The van der Waals surface area contributed by atoms with Gasteiger partial charge in [-0.2, -0.15) is 4.31 Å². The van der Waals surface area contributed by atoms with E-state index in [1.165, 1.54) is 10.4 Å². The highest BCUT2D eigenvalue weighted by molar-refractivity contribution is 7.89. The average molecular weight is 416 g/mol. The number of sulfonamides is 1. The van der Waals surface area contributed by atoms with Gasteiger partial charge in [0, 0.05) is 18.1 Å². The third kappa shape index (κ3) is 4.57. The largest absolute Gasteiger partial charge is 0.478 e. The quantitative estimate of drug-likeness (QED) is 0.732. The van der Waals surface area contributed by atoms with Crippen LogP contribution >= 0.6 is 23.2 Å². The van der Waals surface area contributed by atoms with Gasteiger partial charge in [0.05, 0.1) is 15.5 Å². The third-order valence-corrected chi connectivity index (χ3v) is 6.72. The van der Waals surface area contributed by atoms with E-state index in [1.54, 1.807) is 26.0 Å². The zero-order valence-corrected chi connectivity index (χ0v) is 16.7. The molecule has 1 N–H and O–H groups in total. The molecular formula is C18H19Cl2NO4S. The molecule has 0 saturated heterocycles. The Kier molecular flexibility index (Phi) is 6.69. The fourth-order valence-electron chi connectivity index (χ4n) is 2.54. The summed E-state index contributed by atoms with van der Waals surface area (Å²) in [6.45, 7) is 3.85. The number of hydrogen-bond acceptors (Lipinski definition) is 3. The Balaban J connectivity index is 2.31. The van der Waals surface area contributed by atoms with Gasteiger partial charge in [0.25, 0.3) is 0 Å². The fourth-order valence-corrected chi connectivity index (χ4v) is 4.42. The van der Waals surface area contributed by atoms with Crippen molar-refractivity contribution in [1.29, 1.82) is 0 Å². The summed E-state index contributed by atoms with van der Waals surface area (Å²) in [6, 6.07) is 9.70. The molecule has 0 radical (unpaired) electrons. The number of carboxylic acids is 1. The summed E-state index contributed by atoms with van der Waals surface area (Å²) >= 11 is 11.8. The molecule has 0 atom stereocenters. The number of aryl methyl sites for hydroxylation is 1. The van der Waals surface area contributed by atoms with Gasteiger partial charge < -0.3 is 5.11 Å². The monoisotopic (exact) mass is 415 g/mol. The summed E-state index contributed by atoms with van der Waals surface area (Å²) in [5, 5.41) is 9.91. The van der Waals surface area contributed by atoms with Gasteiger partial charge in [-0.15, -0.1) is 0 Å². The van der Waals surface area contributed by atoms with Crippen LogP contribution in [0.2, 0.25) is 10.0 Å². The second-order valence-corrected chi connectivity index (χ2v) is 8.53. The molecule has 26 heavy (non-hydrogen) atoms. The van der Waals surface area contributed by atoms with Crippen LogP contribution in [0.1, 0.15) is 28.4 Å². The molecule has 5 nitrogen and oxygen atoms in total. The third-order valence-electron chi connectivity index (χ3n) is 4.01. The highest BCUT2D eigenvalue weighted by Crippen LogP contribution is 2.27. The number of aromatic carboxylic acids is 1. The standard InChI is InChI=1S/C18H19Cl2NO4S/c1-3-21(9-8-13-4-6-14(19)7-5-13)26(24,25)15-10-12(2)17(20)16(11-15)18(22)23/h4-7,10-11H,3,8-9H2,1-2H3,(H,22,23). The molecule has 0 aliphatic rings. The first-order valence-electron chi connectivity index (χ1n) is 7.94. The van der Waals surface area contributed by atoms with E-state index in [2.05, 4.69) is 0 Å². The van der Waals surface area contributed by atoms with Gasteiger partial charge in [-0.25, -0.2) is 13.2 Å². The molecular weight excluding hydrogens is 397 g/mol. The molecule has 0 aliphatic heterocycles. The molecule has 8 heteroatoms. The minimum atomic E-state index is -3.84. The molecule has 0 unspecified atom stereocenters. The Morgan fingerprint density at radius 2 is 1.77 bits per heavy atom. The number of nitrogens with zero attached hydrogens (tertiary/aromatic N) is 1. The van der Waals surface area contributed by atoms with Crippen molar-refractivity contribution in [2.45, 2.75) is 25.2 Å². The molecule has 140 valence electrons. The molecule has 0 spiro atoms. The minimum Gasteiger partial charge on any atom is -0.478 e. The van der Waals surface area contributed by atoms with Gasteiger partial charge in [-0.1, -0.05) is 42.3 Å². The van der Waals surface area contributed by atoms with Crippen molar-refractivity contribution in [1.82, 2.24) is 4.31 Å². The molecule has 0 bridgehead atoms. The molecule has 0 aromatic heterocycles. The van der Waals surface area contributed by atoms with Crippen LogP contribution in [0.25, 0.3) is 0 Å². The highest BCUT2D eigenvalue weighted by Gasteiger charge is 2.26. The maximum Gasteiger partial charge on any atom is 0.337 e. The summed E-state index contributed by atoms with van der Waals surface area (Å²) in [6.07, 6.45) is 0.516. The molecule has 2 aromatic rings. The van der Waals surface area contributed by atoms with Crippen LogP contribution in [0.5, 0.6) is 0 Å². The Morgan fingerprint density at radius 3 is 2.31 bits per heavy atom. The van der Waals surface area contributed by atoms with Crippen LogP contribution < -0.4 is 0 Å². The van der Waals surface area contributed by atoms with Gasteiger partial charge in [0.2, 0.25) is 10.0 Å². The van der Waals surface area contributed by atoms with Crippen molar-refractivity contribution in [2.24, 2.45) is 0 Å². The van der Waals surface area contributed by atoms with E-state index in [0.29, 0.717) is 17.0 Å². The lowest BCUT2D eigenvalue weighted by Crippen LogP contribution is -2.33. The smallest absolute Gasteiger partial charge is 0.337 e. The van der Waals surface area contributed by atoms with Crippen LogP contribution in [0.15, 0.2) is 41.3 Å². The molecule has 2 rings (SSSR count). The molecule has 0 fully saturated rings. The molecule has 0 amide bonds. The van der Waals surface area contributed by atoms with E-state index in [1.807, 2.05) is 12.1 Å². The van der Waals surface area contributed by atoms with Crippen LogP contribution in [-0.2, 0) is 16.4 Å². The average Bonchev–Trinajstić information content (AvgIpc) is 2.58. The number of rotatable bonds is 7. The lowest BCUT2D eigenvalue weighted by atomic mass is 10.1. The number of likely N-dealkylation sites (N-methyl/N-ethyl adjacent to an activating group) is 1. The zero-order chi connectivity index (χ0) is 19.5. The van der Waals surface area contributed by atoms with Crippen molar-refractivity contribution in [3.63, 3.8) is 0 Å². The van der Waals surface area contributed by atoms with Gasteiger partial charge in [-0.3, -0.25) is 0 Å². The van der Waals surface area contributed by atoms with Crippen molar-refractivity contribution >= 4 is 39.2 Å². The van der Waals surface area contributed by atoms with Crippen LogP contribution in [-0.4, -0.2) is 36.9 Å². The predicted molar refractivity (Wildman–Crippen MR) is 103 cm³/mol. The van der Waals surface area contributed by atoms with E-state index < -0.39 is 16.0 Å². The lowest BCUT2D eigenvalue weighted by molar-refractivity contribution is 0.0696. The van der Waals surface area contributed by atoms with E-state index >= 15 is 0 Å². The SMILES string of the molecule is CCN(CCc1ccc(Cl)cc1)S(=O)(=O)c1cc(C)c(Cl)c(C(=O)O)c1. The summed E-state index contributed by atoms with van der Waals surface area (Å²) in [7, 11) is -3.84. The Labute approximate surface area is 163 Å². The summed E-state index contributed by atoms with van der Waals surface area (Å²) < 4.78 is 27.2. The first kappa shape index (κ1) is 20.7. The predicted octanol–water partition coefficient (Wildman–Crippen LogP) is 4.25. The number of carboxylic acid groups (broad SMARTS) is 1. The summed E-state index contributed by atoms with van der Waals surface area (Å²) in [4.78, 5) is 11.3. The maximum atomic E-state index is 12.9. The summed E-state index contributed by atoms with van der Waals surface area (Å²) in [5.74, 6) is -1.26. The summed E-state index contributed by atoms with van der Waals surface area (Å²) in [5.41, 5.74) is 1.14. The van der Waals surface area contributed by atoms with E-state index in [-0.39, 0.29) is 28.6 Å². The first-order chi connectivity index (χ1) is 12.2. The van der Waals surface area contributed by atoms with Crippen molar-refractivity contribution in [2.75, 3.05) is 13.1 Å². The van der Waals surface area contributed by atoms with Gasteiger partial charge >= 0.3 is 5.97 Å². The molecule has 2 aromatic carbocycles. The normalized spacial score (nSPS) is 11.7. The Bertz CT molecular complexity index is 912. The fraction of sp³-hybridized carbons (Fsp3) is 0.278. The van der Waals surface area contributed by atoms with Gasteiger partial charge in [0.1, 0.15) is 0 Å². The maximum absolute atomic E-state index is 12.9. The van der Waals surface area contributed by atoms with Crippen molar-refractivity contribution in [3.8, 4) is 0 Å². The highest BCUT2D eigenvalue weighted by atomic mass is 35.5. The number of halogens is 2.